The fourth-order valence-electron chi connectivity index (χ4n) is 1.87. The van der Waals surface area contributed by atoms with E-state index in [1.54, 1.807) is 0 Å². The van der Waals surface area contributed by atoms with Gasteiger partial charge in [-0.1, -0.05) is 53.8 Å². The number of fused-ring (bicyclic) bond motifs is 1. The maximum absolute atomic E-state index is 12.1. The maximum atomic E-state index is 12.1. The average Bonchev–Trinajstić information content (AvgIpc) is 2.89. The summed E-state index contributed by atoms with van der Waals surface area (Å²) in [6.45, 7) is 0. The first-order valence-corrected chi connectivity index (χ1v) is 7.35. The number of halogens is 1. The summed E-state index contributed by atoms with van der Waals surface area (Å²) in [5.41, 5.74) is 1.64. The second-order valence-corrected chi connectivity index (χ2v) is 5.72. The summed E-state index contributed by atoms with van der Waals surface area (Å²) in [5.74, 6) is -0.267. The predicted octanol–water partition coefficient (Wildman–Crippen LogP) is 4.21. The van der Waals surface area contributed by atoms with E-state index in [2.05, 4.69) is 10.3 Å². The SMILES string of the molecule is O=C(Nc1nc2ccccc2s1)[C@@H](Cl)c1ccccc1. The first-order valence-electron chi connectivity index (χ1n) is 6.09. The molecule has 0 aliphatic rings. The summed E-state index contributed by atoms with van der Waals surface area (Å²) >= 11 is 7.61. The van der Waals surface area contributed by atoms with Crippen LogP contribution in [0, 0.1) is 0 Å². The Morgan fingerprint density at radius 2 is 1.80 bits per heavy atom. The summed E-state index contributed by atoms with van der Waals surface area (Å²) in [6.07, 6.45) is 0. The van der Waals surface area contributed by atoms with Crippen LogP contribution in [0.1, 0.15) is 10.9 Å². The number of nitrogens with zero attached hydrogens (tertiary/aromatic N) is 1. The molecule has 0 unspecified atom stereocenters. The van der Waals surface area contributed by atoms with Gasteiger partial charge in [0.25, 0.3) is 0 Å². The van der Waals surface area contributed by atoms with Crippen molar-refractivity contribution in [1.29, 1.82) is 0 Å². The van der Waals surface area contributed by atoms with E-state index in [-0.39, 0.29) is 5.91 Å². The van der Waals surface area contributed by atoms with Gasteiger partial charge in [0.05, 0.1) is 10.2 Å². The second-order valence-electron chi connectivity index (χ2n) is 4.25. The number of para-hydroxylation sites is 1. The van der Waals surface area contributed by atoms with Crippen LogP contribution in [0.2, 0.25) is 0 Å². The highest BCUT2D eigenvalue weighted by Crippen LogP contribution is 2.27. The van der Waals surface area contributed by atoms with E-state index in [1.807, 2.05) is 54.6 Å². The van der Waals surface area contributed by atoms with E-state index in [0.717, 1.165) is 15.8 Å². The van der Waals surface area contributed by atoms with Crippen molar-refractivity contribution in [1.82, 2.24) is 4.98 Å². The summed E-state index contributed by atoms with van der Waals surface area (Å²) in [5, 5.41) is 2.61. The molecule has 2 aromatic carbocycles. The van der Waals surface area contributed by atoms with Gasteiger partial charge in [0.1, 0.15) is 5.38 Å². The first-order chi connectivity index (χ1) is 9.74. The van der Waals surface area contributed by atoms with Crippen LogP contribution < -0.4 is 5.32 Å². The van der Waals surface area contributed by atoms with Crippen LogP contribution in [0.4, 0.5) is 5.13 Å². The molecule has 100 valence electrons. The van der Waals surface area contributed by atoms with E-state index in [9.17, 15) is 4.79 Å². The zero-order valence-corrected chi connectivity index (χ0v) is 12.0. The van der Waals surface area contributed by atoms with Gasteiger partial charge in [-0.2, -0.15) is 0 Å². The molecule has 0 bridgehead atoms. The van der Waals surface area contributed by atoms with Gasteiger partial charge in [-0.3, -0.25) is 4.79 Å². The van der Waals surface area contributed by atoms with Crippen LogP contribution in [0.15, 0.2) is 54.6 Å². The molecule has 0 saturated heterocycles. The Kier molecular flexibility index (Phi) is 3.67. The molecule has 0 fully saturated rings. The number of amides is 1. The monoisotopic (exact) mass is 302 g/mol. The van der Waals surface area contributed by atoms with Crippen LogP contribution in [-0.2, 0) is 4.79 Å². The molecule has 0 aliphatic heterocycles. The summed E-state index contributed by atoms with van der Waals surface area (Å²) in [6, 6.07) is 17.0. The van der Waals surface area contributed by atoms with Crippen LogP contribution >= 0.6 is 22.9 Å². The molecule has 3 aromatic rings. The number of aromatic nitrogens is 1. The molecule has 1 amide bonds. The second kappa shape index (κ2) is 5.61. The molecule has 1 heterocycles. The molecular weight excluding hydrogens is 292 g/mol. The Bertz CT molecular complexity index is 709. The molecule has 1 aromatic heterocycles. The summed E-state index contributed by atoms with van der Waals surface area (Å²) in [4.78, 5) is 16.5. The van der Waals surface area contributed by atoms with Crippen molar-refractivity contribution in [2.24, 2.45) is 0 Å². The van der Waals surface area contributed by atoms with Gasteiger partial charge in [0, 0.05) is 0 Å². The molecule has 3 rings (SSSR count). The Morgan fingerprint density at radius 3 is 2.55 bits per heavy atom. The molecule has 3 nitrogen and oxygen atoms in total. The zero-order valence-electron chi connectivity index (χ0n) is 10.4. The van der Waals surface area contributed by atoms with E-state index in [1.165, 1.54) is 11.3 Å². The zero-order chi connectivity index (χ0) is 13.9. The highest BCUT2D eigenvalue weighted by molar-refractivity contribution is 7.22. The Morgan fingerprint density at radius 1 is 1.10 bits per heavy atom. The lowest BCUT2D eigenvalue weighted by atomic mass is 10.1. The molecule has 5 heteroatoms. The number of nitrogens with one attached hydrogen (secondary N) is 1. The molecule has 0 spiro atoms. The van der Waals surface area contributed by atoms with E-state index in [0.29, 0.717) is 5.13 Å². The Balaban J connectivity index is 1.78. The summed E-state index contributed by atoms with van der Waals surface area (Å²) in [7, 11) is 0. The highest BCUT2D eigenvalue weighted by atomic mass is 35.5. The molecule has 0 saturated carbocycles. The van der Waals surface area contributed by atoms with Crippen molar-refractivity contribution < 1.29 is 4.79 Å². The lowest BCUT2D eigenvalue weighted by Gasteiger charge is -2.08. The number of alkyl halides is 1. The molecular formula is C15H11ClN2OS. The van der Waals surface area contributed by atoms with Crippen LogP contribution in [-0.4, -0.2) is 10.9 Å². The highest BCUT2D eigenvalue weighted by Gasteiger charge is 2.18. The lowest BCUT2D eigenvalue weighted by Crippen LogP contribution is -2.17. The number of rotatable bonds is 3. The van der Waals surface area contributed by atoms with Crippen molar-refractivity contribution in [3.8, 4) is 0 Å². The van der Waals surface area contributed by atoms with Crippen LogP contribution in [0.3, 0.4) is 0 Å². The van der Waals surface area contributed by atoms with Crippen molar-refractivity contribution in [2.45, 2.75) is 5.38 Å². The van der Waals surface area contributed by atoms with E-state index >= 15 is 0 Å². The standard InChI is InChI=1S/C15H11ClN2OS/c16-13(10-6-2-1-3-7-10)14(19)18-15-17-11-8-4-5-9-12(11)20-15/h1-9,13H,(H,17,18,19)/t13-/m0/s1. The number of hydrogen-bond acceptors (Lipinski definition) is 3. The van der Waals surface area contributed by atoms with Crippen molar-refractivity contribution in [3.63, 3.8) is 0 Å². The molecule has 20 heavy (non-hydrogen) atoms. The molecule has 0 radical (unpaired) electrons. The van der Waals surface area contributed by atoms with E-state index in [4.69, 9.17) is 11.6 Å². The normalized spacial score (nSPS) is 12.2. The van der Waals surface area contributed by atoms with Crippen molar-refractivity contribution in [2.75, 3.05) is 5.32 Å². The molecule has 1 atom stereocenters. The van der Waals surface area contributed by atoms with Crippen LogP contribution in [0.5, 0.6) is 0 Å². The maximum Gasteiger partial charge on any atom is 0.248 e. The molecule has 1 N–H and O–H groups in total. The Hall–Kier alpha value is -1.91. The smallest absolute Gasteiger partial charge is 0.248 e. The summed E-state index contributed by atoms with van der Waals surface area (Å²) < 4.78 is 1.04. The van der Waals surface area contributed by atoms with Gasteiger partial charge in [0.2, 0.25) is 5.91 Å². The first kappa shape index (κ1) is 13.1. The lowest BCUT2D eigenvalue weighted by molar-refractivity contribution is -0.116. The third kappa shape index (κ3) is 2.66. The minimum Gasteiger partial charge on any atom is -0.300 e. The third-order valence-corrected chi connectivity index (χ3v) is 4.25. The molecule has 0 aliphatic carbocycles. The third-order valence-electron chi connectivity index (χ3n) is 2.85. The van der Waals surface area contributed by atoms with Gasteiger partial charge < -0.3 is 5.32 Å². The fraction of sp³-hybridized carbons (Fsp3) is 0.0667. The van der Waals surface area contributed by atoms with Gasteiger partial charge >= 0.3 is 0 Å². The predicted molar refractivity (Wildman–Crippen MR) is 83.3 cm³/mol. The minimum absolute atomic E-state index is 0.267. The number of thiazole rings is 1. The number of hydrogen-bond donors (Lipinski definition) is 1. The number of benzene rings is 2. The van der Waals surface area contributed by atoms with Gasteiger partial charge in [-0.25, -0.2) is 4.98 Å². The van der Waals surface area contributed by atoms with Gasteiger partial charge in [-0.05, 0) is 17.7 Å². The van der Waals surface area contributed by atoms with E-state index < -0.39 is 5.38 Å². The average molecular weight is 303 g/mol. The minimum atomic E-state index is -0.719. The van der Waals surface area contributed by atoms with Crippen molar-refractivity contribution >= 4 is 44.2 Å². The topological polar surface area (TPSA) is 42.0 Å². The fourth-order valence-corrected chi connectivity index (χ4v) is 2.94. The van der Waals surface area contributed by atoms with Gasteiger partial charge in [-0.15, -0.1) is 11.6 Å². The quantitative estimate of drug-likeness (QED) is 0.736. The van der Waals surface area contributed by atoms with Crippen LogP contribution in [0.25, 0.3) is 10.2 Å². The van der Waals surface area contributed by atoms with Crippen molar-refractivity contribution in [3.05, 3.63) is 60.2 Å². The number of carbonyl (C=O) groups is 1. The largest absolute Gasteiger partial charge is 0.300 e. The van der Waals surface area contributed by atoms with Gasteiger partial charge in [0.15, 0.2) is 5.13 Å². The number of carbonyl (C=O) groups excluding carboxylic acids is 1. The Labute approximate surface area is 125 Å². The number of anilines is 1.